The highest BCUT2D eigenvalue weighted by atomic mass is 35.5. The number of aliphatic hydroxyl groups excluding tert-OH is 1. The molecule has 36 heavy (non-hydrogen) atoms. The minimum Gasteiger partial charge on any atom is -0.373 e. The summed E-state index contributed by atoms with van der Waals surface area (Å²) >= 11 is 7.94. The van der Waals surface area contributed by atoms with E-state index in [2.05, 4.69) is 40.9 Å². The van der Waals surface area contributed by atoms with Gasteiger partial charge in [-0.05, 0) is 13.0 Å². The van der Waals surface area contributed by atoms with Gasteiger partial charge in [-0.2, -0.15) is 13.2 Å². The van der Waals surface area contributed by atoms with Crippen LogP contribution in [0, 0.1) is 0 Å². The Labute approximate surface area is 214 Å². The lowest BCUT2D eigenvalue weighted by atomic mass is 10.2. The molecule has 0 radical (unpaired) electrons. The fraction of sp³-hybridized carbons (Fsp3) is 0.200. The molecule has 0 aliphatic rings. The molecule has 4 aromatic rings. The van der Waals surface area contributed by atoms with Crippen molar-refractivity contribution in [2.75, 3.05) is 10.6 Å². The zero-order valence-electron chi connectivity index (χ0n) is 18.1. The molecule has 2 atom stereocenters. The first-order valence-corrected chi connectivity index (χ1v) is 12.1. The minimum atomic E-state index is -4.69. The molecule has 188 valence electrons. The average Bonchev–Trinajstić information content (AvgIpc) is 3.52. The van der Waals surface area contributed by atoms with Crippen molar-refractivity contribution in [3.63, 3.8) is 0 Å². The Kier molecular flexibility index (Phi) is 7.75. The zero-order valence-corrected chi connectivity index (χ0v) is 20.5. The Bertz CT molecular complexity index is 1350. The highest BCUT2D eigenvalue weighted by Gasteiger charge is 2.34. The van der Waals surface area contributed by atoms with Crippen molar-refractivity contribution >= 4 is 56.9 Å². The number of nitrogens with one attached hydrogen (secondary N) is 3. The number of hydrogen-bond acceptors (Lipinski definition) is 11. The molecular weight excluding hydrogens is 541 g/mol. The standard InChI is InChI=1S/C20H16ClF3N8O2S2/c1-9(30-16(33)12-5-15(29-8-28-12)32-19-25-2-3-35-19)18-27-7-13(36-18)17(34)31-14-4-10(20(22,23)24)11(21)6-26-14/h2-9,16,30,33H,1H3,(H,26,31,34)(H,25,28,29,32)/t9-,16?/m1/s1. The number of amides is 1. The van der Waals surface area contributed by atoms with Crippen LogP contribution in [0.2, 0.25) is 5.02 Å². The van der Waals surface area contributed by atoms with E-state index in [1.165, 1.54) is 23.9 Å². The van der Waals surface area contributed by atoms with Crippen LogP contribution in [0.4, 0.5) is 29.9 Å². The fourth-order valence-electron chi connectivity index (χ4n) is 2.87. The van der Waals surface area contributed by atoms with E-state index in [0.29, 0.717) is 27.7 Å². The molecule has 4 heterocycles. The van der Waals surface area contributed by atoms with Gasteiger partial charge < -0.3 is 15.7 Å². The number of anilines is 3. The van der Waals surface area contributed by atoms with E-state index < -0.39 is 34.9 Å². The Morgan fingerprint density at radius 3 is 2.64 bits per heavy atom. The molecule has 0 aliphatic carbocycles. The third kappa shape index (κ3) is 6.30. The van der Waals surface area contributed by atoms with Gasteiger partial charge in [0, 0.05) is 23.8 Å². The number of aliphatic hydroxyl groups is 1. The summed E-state index contributed by atoms with van der Waals surface area (Å²) in [5, 5.41) is 21.1. The summed E-state index contributed by atoms with van der Waals surface area (Å²) in [6, 6.07) is 1.71. The smallest absolute Gasteiger partial charge is 0.373 e. The molecule has 4 aromatic heterocycles. The van der Waals surface area contributed by atoms with Crippen molar-refractivity contribution in [3.8, 4) is 0 Å². The molecule has 1 unspecified atom stereocenters. The van der Waals surface area contributed by atoms with E-state index >= 15 is 0 Å². The number of halogens is 4. The van der Waals surface area contributed by atoms with Gasteiger partial charge in [-0.3, -0.25) is 10.1 Å². The number of hydrogen-bond donors (Lipinski definition) is 4. The first-order valence-electron chi connectivity index (χ1n) is 10.0. The number of alkyl halides is 3. The van der Waals surface area contributed by atoms with E-state index in [0.717, 1.165) is 17.5 Å². The highest BCUT2D eigenvalue weighted by molar-refractivity contribution is 7.14. The number of carbonyl (C=O) groups is 1. The van der Waals surface area contributed by atoms with Crippen LogP contribution < -0.4 is 16.0 Å². The molecule has 1 amide bonds. The number of pyridine rings is 1. The summed E-state index contributed by atoms with van der Waals surface area (Å²) in [6.45, 7) is 1.72. The maximum Gasteiger partial charge on any atom is 0.418 e. The molecule has 0 saturated carbocycles. The van der Waals surface area contributed by atoms with Crippen LogP contribution in [0.1, 0.15) is 45.1 Å². The molecule has 0 fully saturated rings. The van der Waals surface area contributed by atoms with Crippen molar-refractivity contribution in [3.05, 3.63) is 68.6 Å². The van der Waals surface area contributed by atoms with Crippen molar-refractivity contribution < 1.29 is 23.1 Å². The summed E-state index contributed by atoms with van der Waals surface area (Å²) in [5.74, 6) is -0.552. The number of aromatic nitrogens is 5. The van der Waals surface area contributed by atoms with Crippen LogP contribution >= 0.6 is 34.3 Å². The largest absolute Gasteiger partial charge is 0.418 e. The second kappa shape index (κ2) is 10.8. The topological polar surface area (TPSA) is 138 Å². The molecule has 4 N–H and O–H groups in total. The fourth-order valence-corrected chi connectivity index (χ4v) is 4.44. The van der Waals surface area contributed by atoms with Crippen molar-refractivity contribution in [2.24, 2.45) is 0 Å². The van der Waals surface area contributed by atoms with Crippen LogP contribution in [0.15, 0.2) is 42.4 Å². The van der Waals surface area contributed by atoms with Gasteiger partial charge in [-0.25, -0.2) is 24.9 Å². The Morgan fingerprint density at radius 1 is 1.11 bits per heavy atom. The lowest BCUT2D eigenvalue weighted by molar-refractivity contribution is -0.137. The van der Waals surface area contributed by atoms with Crippen LogP contribution in [-0.4, -0.2) is 35.9 Å². The van der Waals surface area contributed by atoms with Gasteiger partial charge in [0.1, 0.15) is 34.1 Å². The Hall–Kier alpha value is -3.24. The summed E-state index contributed by atoms with van der Waals surface area (Å²) < 4.78 is 39.1. The predicted molar refractivity (Wildman–Crippen MR) is 128 cm³/mol. The van der Waals surface area contributed by atoms with Crippen LogP contribution in [0.5, 0.6) is 0 Å². The van der Waals surface area contributed by atoms with Gasteiger partial charge >= 0.3 is 6.18 Å². The Balaban J connectivity index is 1.39. The lowest BCUT2D eigenvalue weighted by Crippen LogP contribution is -2.25. The molecule has 0 aromatic carbocycles. The Morgan fingerprint density at radius 2 is 1.92 bits per heavy atom. The average molecular weight is 557 g/mol. The van der Waals surface area contributed by atoms with E-state index in [1.54, 1.807) is 24.6 Å². The lowest BCUT2D eigenvalue weighted by Gasteiger charge is -2.17. The third-order valence-corrected chi connectivity index (χ3v) is 6.73. The molecule has 0 spiro atoms. The maximum atomic E-state index is 13.0. The van der Waals surface area contributed by atoms with Crippen molar-refractivity contribution in [2.45, 2.75) is 25.4 Å². The van der Waals surface area contributed by atoms with Gasteiger partial charge in [0.05, 0.1) is 28.5 Å². The van der Waals surface area contributed by atoms with Gasteiger partial charge in [0.15, 0.2) is 5.13 Å². The van der Waals surface area contributed by atoms with E-state index in [9.17, 15) is 23.1 Å². The number of rotatable bonds is 8. The molecule has 0 bridgehead atoms. The zero-order chi connectivity index (χ0) is 25.9. The van der Waals surface area contributed by atoms with E-state index in [-0.39, 0.29) is 10.7 Å². The SMILES string of the molecule is C[C@@H](NC(O)c1cc(Nc2nccs2)ncn1)c1ncc(C(=O)Nc2cc(C(F)(F)F)c(Cl)cn2)s1. The molecule has 16 heteroatoms. The quantitative estimate of drug-likeness (QED) is 0.226. The van der Waals surface area contributed by atoms with Crippen molar-refractivity contribution in [1.29, 1.82) is 0 Å². The summed E-state index contributed by atoms with van der Waals surface area (Å²) in [5.41, 5.74) is -0.819. The van der Waals surface area contributed by atoms with Crippen molar-refractivity contribution in [1.82, 2.24) is 30.2 Å². The van der Waals surface area contributed by atoms with Gasteiger partial charge in [0.25, 0.3) is 5.91 Å². The maximum absolute atomic E-state index is 13.0. The van der Waals surface area contributed by atoms with Crippen LogP contribution in [0.25, 0.3) is 0 Å². The van der Waals surface area contributed by atoms with Gasteiger partial charge in [-0.1, -0.05) is 11.6 Å². The minimum absolute atomic E-state index is 0.135. The predicted octanol–water partition coefficient (Wildman–Crippen LogP) is 4.79. The first kappa shape index (κ1) is 25.8. The van der Waals surface area contributed by atoms with E-state index in [1.807, 2.05) is 0 Å². The molecule has 0 aliphatic heterocycles. The van der Waals surface area contributed by atoms with Crippen LogP contribution in [0.3, 0.4) is 0 Å². The second-order valence-corrected chi connectivity index (χ2v) is 9.51. The van der Waals surface area contributed by atoms with Crippen LogP contribution in [-0.2, 0) is 6.18 Å². The molecule has 10 nitrogen and oxygen atoms in total. The summed E-state index contributed by atoms with van der Waals surface area (Å²) in [6.07, 6.45) is -0.846. The summed E-state index contributed by atoms with van der Waals surface area (Å²) in [4.78, 5) is 32.8. The molecular formula is C20H16ClF3N8O2S2. The van der Waals surface area contributed by atoms with Gasteiger partial charge in [0.2, 0.25) is 0 Å². The normalized spacial score (nSPS) is 13.3. The number of carbonyl (C=O) groups excluding carboxylic acids is 1. The first-order chi connectivity index (χ1) is 17.1. The summed E-state index contributed by atoms with van der Waals surface area (Å²) in [7, 11) is 0. The monoisotopic (exact) mass is 556 g/mol. The highest BCUT2D eigenvalue weighted by Crippen LogP contribution is 2.35. The number of thiazole rings is 2. The third-order valence-electron chi connectivity index (χ3n) is 4.56. The second-order valence-electron chi connectivity index (χ2n) is 7.15. The molecule has 4 rings (SSSR count). The van der Waals surface area contributed by atoms with E-state index in [4.69, 9.17) is 11.6 Å². The van der Waals surface area contributed by atoms with Gasteiger partial charge in [-0.15, -0.1) is 22.7 Å². The number of nitrogens with zero attached hydrogens (tertiary/aromatic N) is 5. The molecule has 0 saturated heterocycles.